The number of amides is 1. The fourth-order valence-corrected chi connectivity index (χ4v) is 2.91. The third-order valence-corrected chi connectivity index (χ3v) is 3.95. The van der Waals surface area contributed by atoms with Crippen molar-refractivity contribution >= 4 is 38.3 Å². The topological polar surface area (TPSA) is 66.8 Å². The van der Waals surface area contributed by atoms with Crippen LogP contribution < -0.4 is 10.1 Å². The maximum atomic E-state index is 11.6. The highest BCUT2D eigenvalue weighted by atomic mass is 32.1. The molecule has 1 aliphatic heterocycles. The molecule has 0 fully saturated rings. The highest BCUT2D eigenvalue weighted by molar-refractivity contribution is 7.22. The molecule has 0 saturated heterocycles. The zero-order chi connectivity index (χ0) is 14.1. The van der Waals surface area contributed by atoms with E-state index in [-0.39, 0.29) is 5.91 Å². The first kappa shape index (κ1) is 12.9. The molecule has 0 saturated carbocycles. The summed E-state index contributed by atoms with van der Waals surface area (Å²) in [6.45, 7) is 2.18. The Morgan fingerprint density at radius 1 is 1.50 bits per heavy atom. The van der Waals surface area contributed by atoms with Crippen LogP contribution in [0, 0.1) is 0 Å². The highest BCUT2D eigenvalue weighted by Crippen LogP contribution is 2.32. The lowest BCUT2D eigenvalue weighted by Gasteiger charge is -2.11. The number of ether oxygens (including phenoxy) is 1. The summed E-state index contributed by atoms with van der Waals surface area (Å²) in [7, 11) is 1.63. The second-order valence-corrected chi connectivity index (χ2v) is 5.50. The number of nitrogens with zero attached hydrogens (tertiary/aromatic N) is 3. The molecule has 7 heteroatoms. The number of carbonyl (C=O) groups is 1. The smallest absolute Gasteiger partial charge is 0.250 e. The van der Waals surface area contributed by atoms with Gasteiger partial charge in [0, 0.05) is 5.71 Å². The van der Waals surface area contributed by atoms with Crippen LogP contribution in [0.4, 0.5) is 5.13 Å². The standard InChI is InChI=1S/C13H14N4O2S/c1-8-6-11(18)17(16-8)7-14-13-15-12-9(19-2)4-3-5-10(12)20-13/h3-5H,6-7H2,1-2H3,(H,14,15). The number of benzene rings is 1. The molecule has 20 heavy (non-hydrogen) atoms. The fraction of sp³-hybridized carbons (Fsp3) is 0.308. The minimum absolute atomic E-state index is 0.00805. The van der Waals surface area contributed by atoms with Gasteiger partial charge in [0.1, 0.15) is 17.9 Å². The van der Waals surface area contributed by atoms with E-state index in [1.165, 1.54) is 16.3 Å². The summed E-state index contributed by atoms with van der Waals surface area (Å²) in [4.78, 5) is 16.1. The van der Waals surface area contributed by atoms with Gasteiger partial charge >= 0.3 is 0 Å². The Morgan fingerprint density at radius 3 is 3.05 bits per heavy atom. The normalized spacial score (nSPS) is 14.8. The predicted octanol–water partition coefficient (Wildman–Crippen LogP) is 2.28. The zero-order valence-electron chi connectivity index (χ0n) is 11.2. The number of rotatable bonds is 4. The zero-order valence-corrected chi connectivity index (χ0v) is 12.0. The van der Waals surface area contributed by atoms with Crippen molar-refractivity contribution in [3.8, 4) is 5.75 Å². The van der Waals surface area contributed by atoms with Gasteiger partial charge in [-0.15, -0.1) is 0 Å². The van der Waals surface area contributed by atoms with Gasteiger partial charge in [0.25, 0.3) is 0 Å². The lowest BCUT2D eigenvalue weighted by Crippen LogP contribution is -2.26. The van der Waals surface area contributed by atoms with E-state index in [0.717, 1.165) is 26.8 Å². The van der Waals surface area contributed by atoms with Crippen molar-refractivity contribution in [2.75, 3.05) is 19.1 Å². The van der Waals surface area contributed by atoms with Gasteiger partial charge in [0.05, 0.1) is 18.2 Å². The summed E-state index contributed by atoms with van der Waals surface area (Å²) in [5.41, 5.74) is 1.66. The van der Waals surface area contributed by atoms with Crippen molar-refractivity contribution in [3.05, 3.63) is 18.2 Å². The number of hydrogen-bond donors (Lipinski definition) is 1. The van der Waals surface area contributed by atoms with Gasteiger partial charge in [0.15, 0.2) is 5.13 Å². The molecule has 0 spiro atoms. The van der Waals surface area contributed by atoms with Crippen molar-refractivity contribution in [3.63, 3.8) is 0 Å². The minimum atomic E-state index is 0.00805. The number of hydrazone groups is 1. The average Bonchev–Trinajstić information content (AvgIpc) is 2.98. The molecule has 0 unspecified atom stereocenters. The first-order valence-electron chi connectivity index (χ1n) is 6.19. The van der Waals surface area contributed by atoms with Crippen molar-refractivity contribution in [2.45, 2.75) is 13.3 Å². The summed E-state index contributed by atoms with van der Waals surface area (Å²) in [5.74, 6) is 0.756. The van der Waals surface area contributed by atoms with Crippen LogP contribution in [0.5, 0.6) is 5.75 Å². The quantitative estimate of drug-likeness (QED) is 0.938. The average molecular weight is 290 g/mol. The third-order valence-electron chi connectivity index (χ3n) is 2.97. The molecule has 0 aliphatic carbocycles. The molecule has 2 heterocycles. The monoisotopic (exact) mass is 290 g/mol. The van der Waals surface area contributed by atoms with Crippen LogP contribution in [-0.4, -0.2) is 35.4 Å². The van der Waals surface area contributed by atoms with Gasteiger partial charge in [-0.05, 0) is 19.1 Å². The molecular weight excluding hydrogens is 276 g/mol. The van der Waals surface area contributed by atoms with Gasteiger partial charge in [-0.2, -0.15) is 5.10 Å². The number of fused-ring (bicyclic) bond motifs is 1. The molecule has 1 N–H and O–H groups in total. The van der Waals surface area contributed by atoms with E-state index in [9.17, 15) is 4.79 Å². The number of para-hydroxylation sites is 1. The van der Waals surface area contributed by atoms with Crippen molar-refractivity contribution < 1.29 is 9.53 Å². The first-order valence-corrected chi connectivity index (χ1v) is 7.01. The summed E-state index contributed by atoms with van der Waals surface area (Å²) >= 11 is 1.52. The Hall–Kier alpha value is -2.15. The summed E-state index contributed by atoms with van der Waals surface area (Å²) in [6.07, 6.45) is 0.398. The van der Waals surface area contributed by atoms with Crippen molar-refractivity contribution in [1.82, 2.24) is 9.99 Å². The Bertz CT molecular complexity index is 695. The molecular formula is C13H14N4O2S. The Morgan fingerprint density at radius 2 is 2.35 bits per heavy atom. The maximum absolute atomic E-state index is 11.6. The van der Waals surface area contributed by atoms with E-state index in [2.05, 4.69) is 15.4 Å². The molecule has 6 nitrogen and oxygen atoms in total. The molecule has 0 bridgehead atoms. The number of carbonyl (C=O) groups excluding carboxylic acids is 1. The second kappa shape index (κ2) is 5.09. The second-order valence-electron chi connectivity index (χ2n) is 4.47. The maximum Gasteiger partial charge on any atom is 0.250 e. The number of thiazole rings is 1. The number of nitrogens with one attached hydrogen (secondary N) is 1. The Kier molecular flexibility index (Phi) is 3.27. The molecule has 1 amide bonds. The summed E-state index contributed by atoms with van der Waals surface area (Å²) < 4.78 is 6.32. The van der Waals surface area contributed by atoms with Crippen LogP contribution in [-0.2, 0) is 4.79 Å². The molecule has 1 aliphatic rings. The lowest BCUT2D eigenvalue weighted by molar-refractivity contribution is -0.128. The predicted molar refractivity (Wildman–Crippen MR) is 79.2 cm³/mol. The van der Waals surface area contributed by atoms with Crippen LogP contribution in [0.1, 0.15) is 13.3 Å². The molecule has 3 rings (SSSR count). The van der Waals surface area contributed by atoms with Gasteiger partial charge < -0.3 is 10.1 Å². The highest BCUT2D eigenvalue weighted by Gasteiger charge is 2.20. The number of anilines is 1. The number of methoxy groups -OCH3 is 1. The summed E-state index contributed by atoms with van der Waals surface area (Å²) in [6, 6.07) is 5.80. The van der Waals surface area contributed by atoms with Crippen LogP contribution in [0.3, 0.4) is 0 Å². The van der Waals surface area contributed by atoms with Crippen molar-refractivity contribution in [2.24, 2.45) is 5.10 Å². The number of hydrogen-bond acceptors (Lipinski definition) is 6. The van der Waals surface area contributed by atoms with Crippen LogP contribution in [0.2, 0.25) is 0 Å². The molecule has 1 aromatic heterocycles. The van der Waals surface area contributed by atoms with Gasteiger partial charge in [0.2, 0.25) is 5.91 Å². The summed E-state index contributed by atoms with van der Waals surface area (Å²) in [5, 5.41) is 9.47. The third kappa shape index (κ3) is 2.32. The minimum Gasteiger partial charge on any atom is -0.494 e. The van der Waals surface area contributed by atoms with Gasteiger partial charge in [-0.25, -0.2) is 9.99 Å². The van der Waals surface area contributed by atoms with Crippen LogP contribution in [0.15, 0.2) is 23.3 Å². The van der Waals surface area contributed by atoms with E-state index >= 15 is 0 Å². The first-order chi connectivity index (χ1) is 9.67. The fourth-order valence-electron chi connectivity index (χ4n) is 2.04. The van der Waals surface area contributed by atoms with Crippen LogP contribution in [0.25, 0.3) is 10.2 Å². The lowest BCUT2D eigenvalue weighted by atomic mass is 10.3. The number of aromatic nitrogens is 1. The van der Waals surface area contributed by atoms with E-state index < -0.39 is 0 Å². The van der Waals surface area contributed by atoms with Crippen LogP contribution >= 0.6 is 11.3 Å². The van der Waals surface area contributed by atoms with Crippen molar-refractivity contribution in [1.29, 1.82) is 0 Å². The Balaban J connectivity index is 1.77. The van der Waals surface area contributed by atoms with Gasteiger partial charge in [-0.1, -0.05) is 17.4 Å². The molecule has 0 atom stereocenters. The largest absolute Gasteiger partial charge is 0.494 e. The van der Waals surface area contributed by atoms with E-state index in [1.54, 1.807) is 7.11 Å². The molecule has 104 valence electrons. The molecule has 2 aromatic rings. The van der Waals surface area contributed by atoms with Gasteiger partial charge in [-0.3, -0.25) is 4.79 Å². The molecule has 0 radical (unpaired) electrons. The molecule has 1 aromatic carbocycles. The van der Waals surface area contributed by atoms with E-state index in [0.29, 0.717) is 13.1 Å². The van der Waals surface area contributed by atoms with E-state index in [4.69, 9.17) is 4.74 Å². The Labute approximate surface area is 120 Å². The SMILES string of the molecule is COc1cccc2sc(NCN3N=C(C)CC3=O)nc12. The van der Waals surface area contributed by atoms with E-state index in [1.807, 2.05) is 25.1 Å².